The Hall–Kier alpha value is -0.120. The number of likely N-dealkylation sites (N-methyl/N-ethyl adjacent to an activating group) is 1. The summed E-state index contributed by atoms with van der Waals surface area (Å²) < 4.78 is 5.33. The van der Waals surface area contributed by atoms with E-state index in [2.05, 4.69) is 11.8 Å². The van der Waals surface area contributed by atoms with E-state index in [-0.39, 0.29) is 12.2 Å². The zero-order valence-corrected chi connectivity index (χ0v) is 9.99. The molecule has 0 amide bonds. The summed E-state index contributed by atoms with van der Waals surface area (Å²) in [5.41, 5.74) is 0. The third kappa shape index (κ3) is 8.48. The van der Waals surface area contributed by atoms with E-state index in [0.29, 0.717) is 13.2 Å². The van der Waals surface area contributed by atoms with Gasteiger partial charge in [-0.15, -0.1) is 0 Å². The topological polar surface area (TPSA) is 32.7 Å². The molecule has 0 spiro atoms. The van der Waals surface area contributed by atoms with E-state index in [9.17, 15) is 5.11 Å². The van der Waals surface area contributed by atoms with Crippen molar-refractivity contribution in [1.82, 2.24) is 4.90 Å². The van der Waals surface area contributed by atoms with E-state index in [4.69, 9.17) is 4.74 Å². The molecule has 0 aromatic heterocycles. The van der Waals surface area contributed by atoms with Crippen LogP contribution in [0.4, 0.5) is 0 Å². The molecular formula is C11H25NO2. The van der Waals surface area contributed by atoms with E-state index >= 15 is 0 Å². The fourth-order valence-corrected chi connectivity index (χ4v) is 1.24. The van der Waals surface area contributed by atoms with Crippen LogP contribution in [0.2, 0.25) is 0 Å². The second-order valence-electron chi connectivity index (χ2n) is 4.15. The Morgan fingerprint density at radius 2 is 2.00 bits per heavy atom. The molecule has 1 atom stereocenters. The second kappa shape index (κ2) is 8.21. The molecule has 1 N–H and O–H groups in total. The maximum atomic E-state index is 9.60. The molecule has 0 rings (SSSR count). The molecule has 3 heteroatoms. The van der Waals surface area contributed by atoms with Gasteiger partial charge in [0, 0.05) is 6.54 Å². The summed E-state index contributed by atoms with van der Waals surface area (Å²) in [6.45, 7) is 8.32. The summed E-state index contributed by atoms with van der Waals surface area (Å²) in [6, 6.07) is 0. The predicted octanol–water partition coefficient (Wildman–Crippen LogP) is 1.50. The average molecular weight is 203 g/mol. The molecule has 0 saturated carbocycles. The number of ether oxygens (including phenoxy) is 1. The SMILES string of the molecule is CCCCN(C)C[C@H](O)COC(C)C. The molecular weight excluding hydrogens is 178 g/mol. The van der Waals surface area contributed by atoms with Crippen LogP contribution < -0.4 is 0 Å². The number of aliphatic hydroxyl groups is 1. The van der Waals surface area contributed by atoms with Gasteiger partial charge in [-0.3, -0.25) is 0 Å². The van der Waals surface area contributed by atoms with Crippen LogP contribution in [0.5, 0.6) is 0 Å². The van der Waals surface area contributed by atoms with Gasteiger partial charge in [0.25, 0.3) is 0 Å². The first kappa shape index (κ1) is 13.9. The quantitative estimate of drug-likeness (QED) is 0.649. The summed E-state index contributed by atoms with van der Waals surface area (Å²) in [7, 11) is 2.04. The number of hydrogen-bond donors (Lipinski definition) is 1. The molecule has 14 heavy (non-hydrogen) atoms. The molecule has 0 aliphatic heterocycles. The summed E-state index contributed by atoms with van der Waals surface area (Å²) in [5.74, 6) is 0. The molecule has 0 aliphatic rings. The van der Waals surface area contributed by atoms with Crippen molar-refractivity contribution in [2.75, 3.05) is 26.7 Å². The highest BCUT2D eigenvalue weighted by Gasteiger charge is 2.08. The van der Waals surface area contributed by atoms with Crippen molar-refractivity contribution in [2.24, 2.45) is 0 Å². The molecule has 0 radical (unpaired) electrons. The van der Waals surface area contributed by atoms with Crippen molar-refractivity contribution >= 4 is 0 Å². The van der Waals surface area contributed by atoms with Crippen LogP contribution in [-0.2, 0) is 4.74 Å². The second-order valence-corrected chi connectivity index (χ2v) is 4.15. The van der Waals surface area contributed by atoms with Crippen LogP contribution in [-0.4, -0.2) is 49.0 Å². The molecule has 0 heterocycles. The fourth-order valence-electron chi connectivity index (χ4n) is 1.24. The lowest BCUT2D eigenvalue weighted by Gasteiger charge is -2.20. The fraction of sp³-hybridized carbons (Fsp3) is 1.00. The van der Waals surface area contributed by atoms with Crippen molar-refractivity contribution in [3.8, 4) is 0 Å². The van der Waals surface area contributed by atoms with Gasteiger partial charge in [-0.05, 0) is 33.9 Å². The van der Waals surface area contributed by atoms with Crippen LogP contribution in [0.3, 0.4) is 0 Å². The third-order valence-electron chi connectivity index (χ3n) is 2.04. The minimum absolute atomic E-state index is 0.200. The molecule has 0 unspecified atom stereocenters. The maximum absolute atomic E-state index is 9.60. The number of nitrogens with zero attached hydrogens (tertiary/aromatic N) is 1. The van der Waals surface area contributed by atoms with Crippen molar-refractivity contribution < 1.29 is 9.84 Å². The summed E-state index contributed by atoms with van der Waals surface area (Å²) in [4.78, 5) is 2.15. The van der Waals surface area contributed by atoms with E-state index in [1.807, 2.05) is 20.9 Å². The Morgan fingerprint density at radius 3 is 2.50 bits per heavy atom. The van der Waals surface area contributed by atoms with Gasteiger partial charge >= 0.3 is 0 Å². The Morgan fingerprint density at radius 1 is 1.36 bits per heavy atom. The third-order valence-corrected chi connectivity index (χ3v) is 2.04. The van der Waals surface area contributed by atoms with Crippen molar-refractivity contribution in [2.45, 2.75) is 45.8 Å². The van der Waals surface area contributed by atoms with Gasteiger partial charge in [0.1, 0.15) is 0 Å². The van der Waals surface area contributed by atoms with Gasteiger partial charge in [-0.2, -0.15) is 0 Å². The minimum Gasteiger partial charge on any atom is -0.389 e. The first-order valence-electron chi connectivity index (χ1n) is 5.54. The predicted molar refractivity (Wildman–Crippen MR) is 59.5 cm³/mol. The molecule has 0 aromatic rings. The van der Waals surface area contributed by atoms with Crippen LogP contribution in [0, 0.1) is 0 Å². The van der Waals surface area contributed by atoms with Gasteiger partial charge < -0.3 is 14.7 Å². The molecule has 0 aromatic carbocycles. The minimum atomic E-state index is -0.362. The molecule has 86 valence electrons. The zero-order valence-electron chi connectivity index (χ0n) is 9.99. The first-order valence-corrected chi connectivity index (χ1v) is 5.54. The Labute approximate surface area is 88.1 Å². The highest BCUT2D eigenvalue weighted by Crippen LogP contribution is 1.96. The molecule has 3 nitrogen and oxygen atoms in total. The standard InChI is InChI=1S/C11H25NO2/c1-5-6-7-12(4)8-11(13)9-14-10(2)3/h10-11,13H,5-9H2,1-4H3/t11-/m0/s1. The molecule has 0 aliphatic carbocycles. The summed E-state index contributed by atoms with van der Waals surface area (Å²) in [5, 5.41) is 9.60. The first-order chi connectivity index (χ1) is 6.56. The lowest BCUT2D eigenvalue weighted by atomic mass is 10.3. The van der Waals surface area contributed by atoms with Gasteiger partial charge in [0.2, 0.25) is 0 Å². The van der Waals surface area contributed by atoms with Crippen LogP contribution in [0.1, 0.15) is 33.6 Å². The van der Waals surface area contributed by atoms with Gasteiger partial charge in [0.05, 0.1) is 18.8 Å². The Balaban J connectivity index is 3.44. The normalized spacial score (nSPS) is 13.9. The lowest BCUT2D eigenvalue weighted by Crippen LogP contribution is -2.33. The monoisotopic (exact) mass is 203 g/mol. The zero-order chi connectivity index (χ0) is 11.0. The largest absolute Gasteiger partial charge is 0.389 e. The van der Waals surface area contributed by atoms with Crippen LogP contribution in [0.15, 0.2) is 0 Å². The van der Waals surface area contributed by atoms with Crippen LogP contribution in [0.25, 0.3) is 0 Å². The van der Waals surface area contributed by atoms with Crippen molar-refractivity contribution in [3.05, 3.63) is 0 Å². The van der Waals surface area contributed by atoms with E-state index in [1.54, 1.807) is 0 Å². The average Bonchev–Trinajstić information content (AvgIpc) is 2.11. The summed E-state index contributed by atoms with van der Waals surface area (Å²) in [6.07, 6.45) is 2.22. The van der Waals surface area contributed by atoms with E-state index in [0.717, 1.165) is 6.54 Å². The Bertz CT molecular complexity index is 128. The molecule has 0 saturated heterocycles. The van der Waals surface area contributed by atoms with E-state index in [1.165, 1.54) is 12.8 Å². The maximum Gasteiger partial charge on any atom is 0.0900 e. The highest BCUT2D eigenvalue weighted by molar-refractivity contribution is 4.60. The van der Waals surface area contributed by atoms with Gasteiger partial charge in [-0.1, -0.05) is 13.3 Å². The van der Waals surface area contributed by atoms with Crippen LogP contribution >= 0.6 is 0 Å². The highest BCUT2D eigenvalue weighted by atomic mass is 16.5. The van der Waals surface area contributed by atoms with E-state index < -0.39 is 0 Å². The smallest absolute Gasteiger partial charge is 0.0900 e. The number of aliphatic hydroxyl groups excluding tert-OH is 1. The van der Waals surface area contributed by atoms with Gasteiger partial charge in [0.15, 0.2) is 0 Å². The number of unbranched alkanes of at least 4 members (excludes halogenated alkanes) is 1. The van der Waals surface area contributed by atoms with Crippen molar-refractivity contribution in [3.63, 3.8) is 0 Å². The molecule has 0 fully saturated rings. The Kier molecular flexibility index (Phi) is 8.14. The lowest BCUT2D eigenvalue weighted by molar-refractivity contribution is -0.00562. The van der Waals surface area contributed by atoms with Gasteiger partial charge in [-0.25, -0.2) is 0 Å². The summed E-state index contributed by atoms with van der Waals surface area (Å²) >= 11 is 0. The number of rotatable bonds is 8. The number of hydrogen-bond acceptors (Lipinski definition) is 3. The molecule has 0 bridgehead atoms. The van der Waals surface area contributed by atoms with Crippen molar-refractivity contribution in [1.29, 1.82) is 0 Å².